The number of aliphatic hydroxyl groups is 2. The number of urea groups is 1. The Bertz CT molecular complexity index is 896. The van der Waals surface area contributed by atoms with Gasteiger partial charge in [0.2, 0.25) is 10.0 Å². The second-order valence-corrected chi connectivity index (χ2v) is 14.8. The van der Waals surface area contributed by atoms with Crippen LogP contribution in [0.3, 0.4) is 0 Å². The molecule has 0 radical (unpaired) electrons. The zero-order valence-electron chi connectivity index (χ0n) is 22.3. The summed E-state index contributed by atoms with van der Waals surface area (Å²) in [4.78, 5) is 11.8. The minimum atomic E-state index is -3.56. The van der Waals surface area contributed by atoms with Crippen LogP contribution in [0, 0.1) is 52.3 Å². The summed E-state index contributed by atoms with van der Waals surface area (Å²) in [7, 11) is -3.56. The largest absolute Gasteiger partial charge is 0.393 e. The van der Waals surface area contributed by atoms with E-state index in [2.05, 4.69) is 33.0 Å². The summed E-state index contributed by atoms with van der Waals surface area (Å²) in [6.45, 7) is 9.87. The smallest absolute Gasteiger partial charge is 0.328 e. The van der Waals surface area contributed by atoms with Crippen molar-refractivity contribution >= 4 is 16.1 Å². The van der Waals surface area contributed by atoms with E-state index < -0.39 is 16.1 Å². The highest BCUT2D eigenvalue weighted by Gasteiger charge is 2.64. The van der Waals surface area contributed by atoms with Gasteiger partial charge in [0, 0.05) is 6.54 Å². The Hall–Kier alpha value is -0.860. The summed E-state index contributed by atoms with van der Waals surface area (Å²) < 4.78 is 24.5. The van der Waals surface area contributed by atoms with Crippen LogP contribution >= 0.6 is 0 Å². The number of rotatable bonds is 6. The first kappa shape index (κ1) is 27.2. The van der Waals surface area contributed by atoms with Crippen LogP contribution in [-0.4, -0.2) is 49.7 Å². The van der Waals surface area contributed by atoms with Gasteiger partial charge in [-0.25, -0.2) is 17.9 Å². The van der Waals surface area contributed by atoms with Gasteiger partial charge in [0.15, 0.2) is 0 Å². The Balaban J connectivity index is 1.47. The summed E-state index contributed by atoms with van der Waals surface area (Å²) in [5, 5.41) is 25.0. The summed E-state index contributed by atoms with van der Waals surface area (Å²) in [5.41, 5.74) is 0.401. The quantitative estimate of drug-likeness (QED) is 0.431. The van der Waals surface area contributed by atoms with Gasteiger partial charge in [-0.3, -0.25) is 0 Å². The predicted molar refractivity (Wildman–Crippen MR) is 137 cm³/mol. The van der Waals surface area contributed by atoms with Gasteiger partial charge in [0.05, 0.1) is 18.5 Å². The van der Waals surface area contributed by atoms with E-state index in [-0.39, 0.29) is 29.0 Å². The lowest BCUT2D eigenvalue weighted by atomic mass is 9.41. The maximum Gasteiger partial charge on any atom is 0.328 e. The van der Waals surface area contributed by atoms with Crippen LogP contribution in [0.2, 0.25) is 0 Å². The minimum Gasteiger partial charge on any atom is -0.393 e. The molecule has 11 atom stereocenters. The van der Waals surface area contributed by atoms with Crippen molar-refractivity contribution in [3.63, 3.8) is 0 Å². The second-order valence-electron chi connectivity index (χ2n) is 13.0. The van der Waals surface area contributed by atoms with Gasteiger partial charge in [0.1, 0.15) is 0 Å². The molecule has 0 aromatic rings. The monoisotopic (exact) mass is 512 g/mol. The zero-order valence-corrected chi connectivity index (χ0v) is 23.1. The highest BCUT2D eigenvalue weighted by molar-refractivity contribution is 7.89. The Morgan fingerprint density at radius 2 is 1.69 bits per heavy atom. The van der Waals surface area contributed by atoms with Crippen molar-refractivity contribution in [2.75, 3.05) is 12.8 Å². The van der Waals surface area contributed by atoms with E-state index in [1.54, 1.807) is 0 Å². The van der Waals surface area contributed by atoms with Crippen molar-refractivity contribution in [1.29, 1.82) is 0 Å². The molecule has 5 unspecified atom stereocenters. The van der Waals surface area contributed by atoms with E-state index in [4.69, 9.17) is 0 Å². The molecule has 4 aliphatic rings. The molecule has 4 rings (SSSR count). The Kier molecular flexibility index (Phi) is 7.60. The summed E-state index contributed by atoms with van der Waals surface area (Å²) in [6, 6.07) is -0.660. The number of carbonyl (C=O) groups is 1. The molecular weight excluding hydrogens is 464 g/mol. The van der Waals surface area contributed by atoms with Gasteiger partial charge in [-0.1, -0.05) is 34.1 Å². The Morgan fingerprint density at radius 1 is 1.03 bits per heavy atom. The maximum absolute atomic E-state index is 11.8. The molecule has 202 valence electrons. The van der Waals surface area contributed by atoms with Crippen LogP contribution in [-0.2, 0) is 10.0 Å². The van der Waals surface area contributed by atoms with E-state index >= 15 is 0 Å². The van der Waals surface area contributed by atoms with Crippen molar-refractivity contribution in [2.45, 2.75) is 97.7 Å². The molecule has 0 aromatic carbocycles. The lowest BCUT2D eigenvalue weighted by molar-refractivity contribution is -0.203. The molecule has 4 fully saturated rings. The first-order valence-electron chi connectivity index (χ1n) is 13.9. The molecule has 0 heterocycles. The second kappa shape index (κ2) is 9.79. The lowest BCUT2D eigenvalue weighted by Crippen LogP contribution is -2.62. The van der Waals surface area contributed by atoms with Gasteiger partial charge in [-0.05, 0) is 104 Å². The summed E-state index contributed by atoms with van der Waals surface area (Å²) in [5.74, 6) is 3.03. The third-order valence-corrected chi connectivity index (χ3v) is 11.9. The molecule has 4 aliphatic carbocycles. The molecule has 0 aliphatic heterocycles. The van der Waals surface area contributed by atoms with Crippen molar-refractivity contribution in [3.05, 3.63) is 0 Å². The first-order chi connectivity index (χ1) is 16.3. The van der Waals surface area contributed by atoms with Crippen molar-refractivity contribution in [2.24, 2.45) is 52.3 Å². The lowest BCUT2D eigenvalue weighted by Gasteiger charge is -2.64. The van der Waals surface area contributed by atoms with E-state index in [1.807, 2.05) is 4.72 Å². The molecular formula is C27H48N2O5S. The SMILES string of the molecule is CC[C@@H]1C2C[C@H](O)CCC2(C)[C@H]2CCC3(C)C([C@H](C)CCNC(=O)NS(C)(=O)=O)CC[C@H]3C2[C@@H]1O. The number of aliphatic hydroxyl groups excluding tert-OH is 2. The molecule has 2 amide bonds. The molecule has 0 bridgehead atoms. The topological polar surface area (TPSA) is 116 Å². The van der Waals surface area contributed by atoms with E-state index in [1.165, 1.54) is 6.42 Å². The molecule has 4 saturated carbocycles. The standard InChI is InChI=1S/C27H48N2O5S/c1-6-18-22-15-17(30)9-12-27(22,4)21-10-13-26(3)19(7-8-20(26)23(21)24(18)31)16(2)11-14-28-25(32)29-35(5,33)34/h16-24,30-31H,6-15H2,1-5H3,(H2,28,29,32)/t16-,17-,18-,19?,20+,21+,22?,23?,24-,26?,27?/m1/s1. The molecule has 4 N–H and O–H groups in total. The maximum atomic E-state index is 11.8. The average Bonchev–Trinajstić information content (AvgIpc) is 3.11. The Labute approximate surface area is 212 Å². The van der Waals surface area contributed by atoms with Crippen LogP contribution in [0.4, 0.5) is 4.79 Å². The minimum absolute atomic E-state index is 0.187. The highest BCUT2D eigenvalue weighted by atomic mass is 32.2. The van der Waals surface area contributed by atoms with Gasteiger partial charge in [0.25, 0.3) is 0 Å². The molecule has 7 nitrogen and oxygen atoms in total. The molecule has 35 heavy (non-hydrogen) atoms. The number of fused-ring (bicyclic) bond motifs is 5. The average molecular weight is 513 g/mol. The number of amides is 2. The number of sulfonamides is 1. The molecule has 0 saturated heterocycles. The molecule has 0 aromatic heterocycles. The van der Waals surface area contributed by atoms with E-state index in [9.17, 15) is 23.4 Å². The van der Waals surface area contributed by atoms with Crippen molar-refractivity contribution in [3.8, 4) is 0 Å². The molecule has 0 spiro atoms. The van der Waals surface area contributed by atoms with Gasteiger partial charge < -0.3 is 15.5 Å². The van der Waals surface area contributed by atoms with Crippen LogP contribution in [0.25, 0.3) is 0 Å². The fourth-order valence-electron chi connectivity index (χ4n) is 9.75. The van der Waals surface area contributed by atoms with Crippen LogP contribution < -0.4 is 10.0 Å². The third kappa shape index (κ3) is 4.88. The van der Waals surface area contributed by atoms with Gasteiger partial charge in [-0.2, -0.15) is 0 Å². The molecule has 8 heteroatoms. The highest BCUT2D eigenvalue weighted by Crippen LogP contribution is 2.69. The Morgan fingerprint density at radius 3 is 2.34 bits per heavy atom. The number of nitrogens with one attached hydrogen (secondary N) is 2. The van der Waals surface area contributed by atoms with Crippen molar-refractivity contribution < 1.29 is 23.4 Å². The zero-order chi connectivity index (χ0) is 25.8. The fourth-order valence-corrected chi connectivity index (χ4v) is 10.2. The normalized spacial score (nSPS) is 46.1. The fraction of sp³-hybridized carbons (Fsp3) is 0.963. The predicted octanol–water partition coefficient (Wildman–Crippen LogP) is 3.90. The first-order valence-corrected chi connectivity index (χ1v) is 15.8. The number of hydrogen-bond acceptors (Lipinski definition) is 5. The van der Waals surface area contributed by atoms with E-state index in [0.29, 0.717) is 42.1 Å². The van der Waals surface area contributed by atoms with Crippen LogP contribution in [0.1, 0.15) is 85.5 Å². The number of carbonyl (C=O) groups excluding carboxylic acids is 1. The summed E-state index contributed by atoms with van der Waals surface area (Å²) >= 11 is 0. The number of hydrogen-bond donors (Lipinski definition) is 4. The van der Waals surface area contributed by atoms with Crippen LogP contribution in [0.15, 0.2) is 0 Å². The van der Waals surface area contributed by atoms with Crippen molar-refractivity contribution in [1.82, 2.24) is 10.0 Å². The van der Waals surface area contributed by atoms with Crippen LogP contribution in [0.5, 0.6) is 0 Å². The third-order valence-electron chi connectivity index (χ3n) is 11.3. The van der Waals surface area contributed by atoms with Gasteiger partial charge >= 0.3 is 6.03 Å². The van der Waals surface area contributed by atoms with E-state index in [0.717, 1.165) is 57.6 Å². The van der Waals surface area contributed by atoms with Gasteiger partial charge in [-0.15, -0.1) is 0 Å². The summed E-state index contributed by atoms with van der Waals surface area (Å²) in [6.07, 6.45) is 9.74.